The maximum absolute atomic E-state index is 12.2. The number of carbonyl (C=O) groups is 1. The largest absolute Gasteiger partial charge is 0.344 e. The predicted molar refractivity (Wildman–Crippen MR) is 85.6 cm³/mol. The third-order valence-electron chi connectivity index (χ3n) is 3.01. The van der Waals surface area contributed by atoms with Crippen molar-refractivity contribution in [1.29, 1.82) is 0 Å². The molecule has 1 unspecified atom stereocenters. The highest BCUT2D eigenvalue weighted by Gasteiger charge is 2.14. The molecule has 0 radical (unpaired) electrons. The van der Waals surface area contributed by atoms with Crippen molar-refractivity contribution in [3.63, 3.8) is 0 Å². The van der Waals surface area contributed by atoms with Crippen LogP contribution in [-0.4, -0.2) is 18.0 Å². The van der Waals surface area contributed by atoms with Crippen molar-refractivity contribution < 1.29 is 4.79 Å². The van der Waals surface area contributed by atoms with Crippen molar-refractivity contribution in [2.45, 2.75) is 10.9 Å². The summed E-state index contributed by atoms with van der Waals surface area (Å²) in [6, 6.07) is 17.1. The zero-order valence-corrected chi connectivity index (χ0v) is 12.7. The van der Waals surface area contributed by atoms with Gasteiger partial charge < -0.3 is 5.32 Å². The van der Waals surface area contributed by atoms with Gasteiger partial charge in [-0.15, -0.1) is 23.4 Å². The van der Waals surface area contributed by atoms with Crippen LogP contribution in [0.2, 0.25) is 0 Å². The fraction of sp³-hybridized carbons (Fsp3) is 0.188. The number of rotatable bonds is 5. The summed E-state index contributed by atoms with van der Waals surface area (Å²) in [5, 5.41) is 2.96. The molecule has 0 aliphatic carbocycles. The molecule has 0 bridgehead atoms. The molecule has 0 spiro atoms. The number of carbonyl (C=O) groups excluding carboxylic acids is 1. The van der Waals surface area contributed by atoms with Crippen LogP contribution in [0.15, 0.2) is 59.5 Å². The minimum atomic E-state index is -0.175. The number of halogens is 1. The van der Waals surface area contributed by atoms with Crippen molar-refractivity contribution in [2.75, 3.05) is 12.1 Å². The summed E-state index contributed by atoms with van der Waals surface area (Å²) < 4.78 is 0. The lowest BCUT2D eigenvalue weighted by Gasteiger charge is -2.16. The Hall–Kier alpha value is -1.45. The van der Waals surface area contributed by atoms with Crippen LogP contribution in [0.5, 0.6) is 0 Å². The number of nitrogens with one attached hydrogen (secondary N) is 1. The molecule has 2 nitrogen and oxygen atoms in total. The minimum Gasteiger partial charge on any atom is -0.344 e. The maximum atomic E-state index is 12.2. The highest BCUT2D eigenvalue weighted by molar-refractivity contribution is 7.98. The second-order valence-electron chi connectivity index (χ2n) is 4.32. The zero-order valence-electron chi connectivity index (χ0n) is 11.2. The van der Waals surface area contributed by atoms with Gasteiger partial charge in [0.15, 0.2) is 0 Å². The van der Waals surface area contributed by atoms with Crippen LogP contribution >= 0.6 is 23.4 Å². The Kier molecular flexibility index (Phi) is 5.50. The Morgan fingerprint density at radius 3 is 2.35 bits per heavy atom. The Morgan fingerprint density at radius 1 is 1.15 bits per heavy atom. The predicted octanol–water partition coefficient (Wildman–Crippen LogP) is 4.12. The Morgan fingerprint density at radius 2 is 1.80 bits per heavy atom. The monoisotopic (exact) mass is 305 g/mol. The maximum Gasteiger partial charge on any atom is 0.251 e. The number of amides is 1. The number of hydrogen-bond donors (Lipinski definition) is 1. The minimum absolute atomic E-state index is 0.104. The van der Waals surface area contributed by atoms with Gasteiger partial charge in [-0.05, 0) is 36.1 Å². The number of alkyl halides is 1. The Balaban J connectivity index is 2.09. The molecular weight excluding hydrogens is 290 g/mol. The van der Waals surface area contributed by atoms with Crippen LogP contribution in [0.4, 0.5) is 0 Å². The van der Waals surface area contributed by atoms with Gasteiger partial charge in [0.25, 0.3) is 5.91 Å². The first-order chi connectivity index (χ1) is 9.74. The van der Waals surface area contributed by atoms with E-state index in [2.05, 4.69) is 5.32 Å². The van der Waals surface area contributed by atoms with Crippen LogP contribution in [0, 0.1) is 0 Å². The fourth-order valence-electron chi connectivity index (χ4n) is 1.88. The summed E-state index contributed by atoms with van der Waals surface area (Å²) in [5.41, 5.74) is 1.66. The summed E-state index contributed by atoms with van der Waals surface area (Å²) in [6.45, 7) is 0. The van der Waals surface area contributed by atoms with E-state index in [1.165, 1.54) is 0 Å². The highest BCUT2D eigenvalue weighted by atomic mass is 35.5. The van der Waals surface area contributed by atoms with Crippen LogP contribution < -0.4 is 5.32 Å². The van der Waals surface area contributed by atoms with Crippen molar-refractivity contribution in [3.8, 4) is 0 Å². The molecule has 0 saturated carbocycles. The van der Waals surface area contributed by atoms with Gasteiger partial charge in [0, 0.05) is 16.3 Å². The van der Waals surface area contributed by atoms with Crippen LogP contribution in [0.1, 0.15) is 22.0 Å². The van der Waals surface area contributed by atoms with Crippen LogP contribution in [0.25, 0.3) is 0 Å². The van der Waals surface area contributed by atoms with E-state index in [1.807, 2.05) is 60.9 Å². The molecule has 0 fully saturated rings. The molecule has 0 aliphatic rings. The summed E-state index contributed by atoms with van der Waals surface area (Å²) in [6.07, 6.45) is 2.01. The first-order valence-corrected chi connectivity index (χ1v) is 8.06. The topological polar surface area (TPSA) is 29.1 Å². The van der Waals surface area contributed by atoms with E-state index >= 15 is 0 Å². The van der Waals surface area contributed by atoms with Gasteiger partial charge in [-0.3, -0.25) is 4.79 Å². The van der Waals surface area contributed by atoms with Crippen molar-refractivity contribution >= 4 is 29.3 Å². The first-order valence-electron chi connectivity index (χ1n) is 6.30. The van der Waals surface area contributed by atoms with Gasteiger partial charge in [0.05, 0.1) is 6.04 Å². The van der Waals surface area contributed by atoms with Crippen molar-refractivity contribution in [1.82, 2.24) is 5.32 Å². The molecule has 104 valence electrons. The van der Waals surface area contributed by atoms with Crippen LogP contribution in [-0.2, 0) is 0 Å². The standard InChI is InChI=1S/C16H16ClNOS/c1-20-14-9-7-13(8-10-14)16(19)18-15(11-17)12-5-3-2-4-6-12/h2-10,15H,11H2,1H3,(H,18,19). The van der Waals surface area contributed by atoms with E-state index in [0.717, 1.165) is 10.5 Å². The van der Waals surface area contributed by atoms with Crippen molar-refractivity contribution in [2.24, 2.45) is 0 Å². The quantitative estimate of drug-likeness (QED) is 0.665. The molecule has 4 heteroatoms. The average molecular weight is 306 g/mol. The molecule has 0 aromatic heterocycles. The lowest BCUT2D eigenvalue weighted by atomic mass is 10.1. The van der Waals surface area contributed by atoms with Gasteiger partial charge in [-0.2, -0.15) is 0 Å². The molecular formula is C16H16ClNOS. The number of benzene rings is 2. The van der Waals surface area contributed by atoms with Gasteiger partial charge in [-0.1, -0.05) is 30.3 Å². The summed E-state index contributed by atoms with van der Waals surface area (Å²) >= 11 is 7.61. The normalized spacial score (nSPS) is 11.9. The van der Waals surface area contributed by atoms with E-state index in [-0.39, 0.29) is 11.9 Å². The van der Waals surface area contributed by atoms with E-state index in [9.17, 15) is 4.79 Å². The average Bonchev–Trinajstić information content (AvgIpc) is 2.53. The van der Waals surface area contributed by atoms with Crippen LogP contribution in [0.3, 0.4) is 0 Å². The molecule has 20 heavy (non-hydrogen) atoms. The third kappa shape index (κ3) is 3.78. The van der Waals surface area contributed by atoms with Crippen molar-refractivity contribution in [3.05, 3.63) is 65.7 Å². The van der Waals surface area contributed by atoms with Gasteiger partial charge in [0.2, 0.25) is 0 Å². The summed E-state index contributed by atoms with van der Waals surface area (Å²) in [5.74, 6) is 0.241. The molecule has 1 N–H and O–H groups in total. The Bertz CT molecular complexity index is 556. The molecule has 1 amide bonds. The Labute approximate surface area is 128 Å². The summed E-state index contributed by atoms with van der Waals surface area (Å²) in [7, 11) is 0. The van der Waals surface area contributed by atoms with E-state index in [0.29, 0.717) is 11.4 Å². The second kappa shape index (κ2) is 7.36. The molecule has 0 aliphatic heterocycles. The second-order valence-corrected chi connectivity index (χ2v) is 5.51. The molecule has 0 saturated heterocycles. The molecule has 1 atom stereocenters. The van der Waals surface area contributed by atoms with Gasteiger partial charge >= 0.3 is 0 Å². The van der Waals surface area contributed by atoms with E-state index in [4.69, 9.17) is 11.6 Å². The van der Waals surface area contributed by atoms with Gasteiger partial charge in [-0.25, -0.2) is 0 Å². The summed E-state index contributed by atoms with van der Waals surface area (Å²) in [4.78, 5) is 13.3. The third-order valence-corrected chi connectivity index (χ3v) is 4.07. The molecule has 2 aromatic carbocycles. The lowest BCUT2D eigenvalue weighted by molar-refractivity contribution is 0.0940. The smallest absolute Gasteiger partial charge is 0.251 e. The molecule has 2 rings (SSSR count). The molecule has 0 heterocycles. The SMILES string of the molecule is CSc1ccc(C(=O)NC(CCl)c2ccccc2)cc1. The highest BCUT2D eigenvalue weighted by Crippen LogP contribution is 2.17. The fourth-order valence-corrected chi connectivity index (χ4v) is 2.54. The zero-order chi connectivity index (χ0) is 14.4. The van der Waals surface area contributed by atoms with E-state index in [1.54, 1.807) is 11.8 Å². The molecule has 2 aromatic rings. The van der Waals surface area contributed by atoms with E-state index < -0.39 is 0 Å². The first kappa shape index (κ1) is 14.9. The number of hydrogen-bond acceptors (Lipinski definition) is 2. The lowest BCUT2D eigenvalue weighted by Crippen LogP contribution is -2.29. The van der Waals surface area contributed by atoms with Gasteiger partial charge in [0.1, 0.15) is 0 Å². The number of thioether (sulfide) groups is 1.